The Kier molecular flexibility index (Phi) is 4.31. The average Bonchev–Trinajstić information content (AvgIpc) is 2.17. The highest BCUT2D eigenvalue weighted by Crippen LogP contribution is 2.14. The van der Waals surface area contributed by atoms with Crippen LogP contribution in [0.4, 0.5) is 0 Å². The number of benzene rings is 1. The average molecular weight is 292 g/mol. The monoisotopic (exact) mass is 291 g/mol. The molecule has 5 heteroatoms. The van der Waals surface area contributed by atoms with Crippen LogP contribution in [0.3, 0.4) is 0 Å². The number of hydrogen-bond donors (Lipinski definition) is 1. The molecule has 0 amide bonds. The third kappa shape index (κ3) is 3.59. The number of hydrogen-bond acceptors (Lipinski definition) is 2. The first-order valence-corrected chi connectivity index (χ1v) is 7.01. The van der Waals surface area contributed by atoms with Gasteiger partial charge in [-0.15, -0.1) is 0 Å². The molecule has 0 aromatic heterocycles. The highest BCUT2D eigenvalue weighted by Gasteiger charge is 2.15. The molecule has 0 fully saturated rings. The fourth-order valence-corrected chi connectivity index (χ4v) is 2.62. The minimum Gasteiger partial charge on any atom is -0.208 e. The van der Waals surface area contributed by atoms with E-state index in [0.29, 0.717) is 4.90 Å². The molecule has 0 bridgehead atoms. The van der Waals surface area contributed by atoms with E-state index in [1.165, 1.54) is 0 Å². The Bertz CT molecular complexity index is 414. The standard InChI is InChI=1S/C10H14BrNO2S/c1-3-8(2)12-15(13,14)10-6-4-9(11)5-7-10/h4-8,12H,3H2,1-2H3/t8-/m0/s1. The molecule has 0 saturated carbocycles. The summed E-state index contributed by atoms with van der Waals surface area (Å²) >= 11 is 3.26. The first-order chi connectivity index (χ1) is 6.95. The van der Waals surface area contributed by atoms with Gasteiger partial charge in [0, 0.05) is 10.5 Å². The van der Waals surface area contributed by atoms with Crippen LogP contribution in [0.2, 0.25) is 0 Å². The molecule has 0 spiro atoms. The molecule has 0 saturated heterocycles. The fourth-order valence-electron chi connectivity index (χ4n) is 1.03. The van der Waals surface area contributed by atoms with Gasteiger partial charge >= 0.3 is 0 Å². The Morgan fingerprint density at radius 1 is 1.33 bits per heavy atom. The van der Waals surface area contributed by atoms with Crippen LogP contribution in [-0.4, -0.2) is 14.5 Å². The maximum atomic E-state index is 11.8. The SMILES string of the molecule is CC[C@H](C)NS(=O)(=O)c1ccc(Br)cc1. The van der Waals surface area contributed by atoms with Crippen molar-refractivity contribution in [3.63, 3.8) is 0 Å². The summed E-state index contributed by atoms with van der Waals surface area (Å²) in [6.45, 7) is 3.78. The second-order valence-electron chi connectivity index (χ2n) is 3.38. The Hall–Kier alpha value is -0.390. The largest absolute Gasteiger partial charge is 0.240 e. The van der Waals surface area contributed by atoms with Gasteiger partial charge in [0.2, 0.25) is 10.0 Å². The van der Waals surface area contributed by atoms with E-state index in [1.807, 2.05) is 13.8 Å². The highest BCUT2D eigenvalue weighted by atomic mass is 79.9. The van der Waals surface area contributed by atoms with E-state index >= 15 is 0 Å². The van der Waals surface area contributed by atoms with Gasteiger partial charge in [-0.05, 0) is 37.6 Å². The van der Waals surface area contributed by atoms with Gasteiger partial charge in [-0.1, -0.05) is 22.9 Å². The molecule has 84 valence electrons. The molecule has 1 rings (SSSR count). The highest BCUT2D eigenvalue weighted by molar-refractivity contribution is 9.10. The molecule has 1 N–H and O–H groups in total. The van der Waals surface area contributed by atoms with Crippen molar-refractivity contribution in [3.8, 4) is 0 Å². The molecule has 1 atom stereocenters. The van der Waals surface area contributed by atoms with Crippen molar-refractivity contribution in [1.29, 1.82) is 0 Å². The Morgan fingerprint density at radius 3 is 2.33 bits per heavy atom. The topological polar surface area (TPSA) is 46.2 Å². The van der Waals surface area contributed by atoms with Crippen molar-refractivity contribution in [2.45, 2.75) is 31.2 Å². The zero-order valence-electron chi connectivity index (χ0n) is 8.70. The fraction of sp³-hybridized carbons (Fsp3) is 0.400. The second-order valence-corrected chi connectivity index (χ2v) is 6.01. The number of sulfonamides is 1. The summed E-state index contributed by atoms with van der Waals surface area (Å²) in [5.74, 6) is 0. The van der Waals surface area contributed by atoms with Gasteiger partial charge in [0.05, 0.1) is 4.90 Å². The van der Waals surface area contributed by atoms with Crippen molar-refractivity contribution in [2.75, 3.05) is 0 Å². The molecule has 3 nitrogen and oxygen atoms in total. The van der Waals surface area contributed by atoms with Crippen molar-refractivity contribution < 1.29 is 8.42 Å². The van der Waals surface area contributed by atoms with Gasteiger partial charge in [-0.25, -0.2) is 13.1 Å². The summed E-state index contributed by atoms with van der Waals surface area (Å²) in [5, 5.41) is 0. The van der Waals surface area contributed by atoms with E-state index in [1.54, 1.807) is 24.3 Å². The lowest BCUT2D eigenvalue weighted by molar-refractivity contribution is 0.556. The van der Waals surface area contributed by atoms with Gasteiger partial charge < -0.3 is 0 Å². The Labute approximate surface area is 99.1 Å². The second kappa shape index (κ2) is 5.09. The van der Waals surface area contributed by atoms with Gasteiger partial charge in [0.25, 0.3) is 0 Å². The van der Waals surface area contributed by atoms with Gasteiger partial charge in [-0.3, -0.25) is 0 Å². The molecule has 0 heterocycles. The molecule has 0 aliphatic carbocycles. The lowest BCUT2D eigenvalue weighted by atomic mass is 10.3. The molecule has 1 aromatic rings. The van der Waals surface area contributed by atoms with Gasteiger partial charge in [0.15, 0.2) is 0 Å². The minimum absolute atomic E-state index is 0.0429. The Morgan fingerprint density at radius 2 is 1.87 bits per heavy atom. The maximum absolute atomic E-state index is 11.8. The first kappa shape index (κ1) is 12.7. The number of nitrogens with one attached hydrogen (secondary N) is 1. The summed E-state index contributed by atoms with van der Waals surface area (Å²) in [5.41, 5.74) is 0. The van der Waals surface area contributed by atoms with Crippen LogP contribution in [0.5, 0.6) is 0 Å². The first-order valence-electron chi connectivity index (χ1n) is 4.73. The lowest BCUT2D eigenvalue weighted by Gasteiger charge is -2.11. The number of rotatable bonds is 4. The van der Waals surface area contributed by atoms with Crippen LogP contribution >= 0.6 is 15.9 Å². The van der Waals surface area contributed by atoms with Crippen LogP contribution in [0.25, 0.3) is 0 Å². The summed E-state index contributed by atoms with van der Waals surface area (Å²) < 4.78 is 27.0. The van der Waals surface area contributed by atoms with Crippen molar-refractivity contribution in [3.05, 3.63) is 28.7 Å². The lowest BCUT2D eigenvalue weighted by Crippen LogP contribution is -2.31. The van der Waals surface area contributed by atoms with Gasteiger partial charge in [-0.2, -0.15) is 0 Å². The third-order valence-corrected chi connectivity index (χ3v) is 4.23. The van der Waals surface area contributed by atoms with E-state index in [4.69, 9.17) is 0 Å². The van der Waals surface area contributed by atoms with Crippen LogP contribution in [0, 0.1) is 0 Å². The van der Waals surface area contributed by atoms with E-state index in [2.05, 4.69) is 20.7 Å². The van der Waals surface area contributed by atoms with Crippen molar-refractivity contribution in [1.82, 2.24) is 4.72 Å². The molecule has 0 aliphatic rings. The van der Waals surface area contributed by atoms with Crippen LogP contribution in [-0.2, 0) is 10.0 Å². The van der Waals surface area contributed by atoms with Crippen molar-refractivity contribution >= 4 is 26.0 Å². The van der Waals surface area contributed by atoms with Crippen LogP contribution in [0.1, 0.15) is 20.3 Å². The molecular weight excluding hydrogens is 278 g/mol. The molecule has 0 radical (unpaired) electrons. The van der Waals surface area contributed by atoms with Crippen LogP contribution in [0.15, 0.2) is 33.6 Å². The minimum atomic E-state index is -3.36. The molecule has 1 aromatic carbocycles. The number of halogens is 1. The normalized spacial score (nSPS) is 13.8. The summed E-state index contributed by atoms with van der Waals surface area (Å²) in [6.07, 6.45) is 0.774. The van der Waals surface area contributed by atoms with E-state index in [0.717, 1.165) is 10.9 Å². The predicted molar refractivity (Wildman–Crippen MR) is 64.2 cm³/mol. The molecule has 15 heavy (non-hydrogen) atoms. The van der Waals surface area contributed by atoms with Crippen molar-refractivity contribution in [2.24, 2.45) is 0 Å². The van der Waals surface area contributed by atoms with Gasteiger partial charge in [0.1, 0.15) is 0 Å². The third-order valence-electron chi connectivity index (χ3n) is 2.09. The molecular formula is C10H14BrNO2S. The zero-order chi connectivity index (χ0) is 11.5. The summed E-state index contributed by atoms with van der Waals surface area (Å²) in [7, 11) is -3.36. The maximum Gasteiger partial charge on any atom is 0.240 e. The summed E-state index contributed by atoms with van der Waals surface area (Å²) in [6, 6.07) is 6.54. The van der Waals surface area contributed by atoms with E-state index < -0.39 is 10.0 Å². The van der Waals surface area contributed by atoms with Crippen LogP contribution < -0.4 is 4.72 Å². The molecule has 0 aliphatic heterocycles. The molecule has 0 unspecified atom stereocenters. The van der Waals surface area contributed by atoms with E-state index in [-0.39, 0.29) is 6.04 Å². The smallest absolute Gasteiger partial charge is 0.208 e. The quantitative estimate of drug-likeness (QED) is 0.927. The van der Waals surface area contributed by atoms with E-state index in [9.17, 15) is 8.42 Å². The zero-order valence-corrected chi connectivity index (χ0v) is 11.1. The summed E-state index contributed by atoms with van der Waals surface area (Å²) in [4.78, 5) is 0.297. The Balaban J connectivity index is 2.91. The predicted octanol–water partition coefficient (Wildman–Crippen LogP) is 2.53.